The van der Waals surface area contributed by atoms with Crippen molar-refractivity contribution in [2.75, 3.05) is 36.5 Å². The molecule has 2 saturated heterocycles. The van der Waals surface area contributed by atoms with Gasteiger partial charge < -0.3 is 14.5 Å². The molecule has 1 aromatic rings. The molecule has 2 aliphatic rings. The van der Waals surface area contributed by atoms with Crippen molar-refractivity contribution in [1.29, 1.82) is 0 Å². The van der Waals surface area contributed by atoms with Crippen LogP contribution in [0.2, 0.25) is 0 Å². The van der Waals surface area contributed by atoms with E-state index in [1.54, 1.807) is 4.90 Å². The molecule has 0 spiro atoms. The highest BCUT2D eigenvalue weighted by atomic mass is 32.2. The number of carbonyl (C=O) groups is 2. The second kappa shape index (κ2) is 9.24. The zero-order chi connectivity index (χ0) is 23.7. The molecule has 3 rings (SSSR count). The van der Waals surface area contributed by atoms with Crippen LogP contribution in [0.4, 0.5) is 19.0 Å². The van der Waals surface area contributed by atoms with Gasteiger partial charge in [-0.05, 0) is 38.3 Å². The van der Waals surface area contributed by atoms with Crippen LogP contribution in [-0.2, 0) is 30.3 Å². The fourth-order valence-corrected chi connectivity index (χ4v) is 5.73. The number of alkyl halides is 3. The number of hydrogen-bond donors (Lipinski definition) is 0. The average molecular weight is 478 g/mol. The van der Waals surface area contributed by atoms with E-state index < -0.39 is 51.5 Å². The number of halogens is 3. The second-order valence-electron chi connectivity index (χ2n) is 8.25. The van der Waals surface area contributed by atoms with Gasteiger partial charge in [0.15, 0.2) is 15.9 Å². The summed E-state index contributed by atoms with van der Waals surface area (Å²) in [5.41, 5.74) is -0.821. The summed E-state index contributed by atoms with van der Waals surface area (Å²) in [6.45, 7) is 2.29. The maximum absolute atomic E-state index is 12.7. The molecule has 12 heteroatoms. The standard InChI is InChI=1S/C20H26F3N3O5S/c1-13(18(27)25(2)16-7-10-32(29,30)12-16)31-19(28)14-5-8-26(9-6-14)17-4-3-15(11-24-17)20(21,22)23/h3-4,11,13-14,16H,5-10,12H2,1-2H3. The van der Waals surface area contributed by atoms with Crippen molar-refractivity contribution in [3.05, 3.63) is 23.9 Å². The van der Waals surface area contributed by atoms with Gasteiger partial charge in [0.1, 0.15) is 5.82 Å². The summed E-state index contributed by atoms with van der Waals surface area (Å²) in [5, 5.41) is 0. The van der Waals surface area contributed by atoms with Gasteiger partial charge in [-0.1, -0.05) is 0 Å². The van der Waals surface area contributed by atoms with E-state index in [4.69, 9.17) is 4.74 Å². The third kappa shape index (κ3) is 5.70. The zero-order valence-electron chi connectivity index (χ0n) is 17.8. The highest BCUT2D eigenvalue weighted by molar-refractivity contribution is 7.91. The molecule has 0 radical (unpaired) electrons. The largest absolute Gasteiger partial charge is 0.452 e. The quantitative estimate of drug-likeness (QED) is 0.598. The number of pyridine rings is 1. The predicted octanol–water partition coefficient (Wildman–Crippen LogP) is 1.89. The lowest BCUT2D eigenvalue weighted by Crippen LogP contribution is -2.45. The molecule has 2 unspecified atom stereocenters. The number of aromatic nitrogens is 1. The van der Waals surface area contributed by atoms with Crippen LogP contribution in [0.1, 0.15) is 31.7 Å². The van der Waals surface area contributed by atoms with Crippen molar-refractivity contribution in [2.45, 2.75) is 44.5 Å². The number of nitrogens with zero attached hydrogens (tertiary/aromatic N) is 3. The summed E-state index contributed by atoms with van der Waals surface area (Å²) < 4.78 is 66.6. The normalized spacial score (nSPS) is 22.4. The first-order valence-corrected chi connectivity index (χ1v) is 12.2. The Morgan fingerprint density at radius 1 is 1.22 bits per heavy atom. The fraction of sp³-hybridized carbons (Fsp3) is 0.650. The Hall–Kier alpha value is -2.37. The summed E-state index contributed by atoms with van der Waals surface area (Å²) in [6.07, 6.45) is -3.50. The van der Waals surface area contributed by atoms with E-state index >= 15 is 0 Å². The van der Waals surface area contributed by atoms with E-state index in [-0.39, 0.29) is 11.5 Å². The van der Waals surface area contributed by atoms with Crippen LogP contribution in [-0.4, -0.2) is 74.0 Å². The molecule has 0 N–H and O–H groups in total. The van der Waals surface area contributed by atoms with Gasteiger partial charge in [0.2, 0.25) is 0 Å². The maximum Gasteiger partial charge on any atom is 0.417 e. The molecule has 0 saturated carbocycles. The van der Waals surface area contributed by atoms with Crippen molar-refractivity contribution in [1.82, 2.24) is 9.88 Å². The van der Waals surface area contributed by atoms with Crippen molar-refractivity contribution in [3.8, 4) is 0 Å². The fourth-order valence-electron chi connectivity index (χ4n) is 3.95. The number of hydrogen-bond acceptors (Lipinski definition) is 7. The molecule has 3 heterocycles. The number of piperidine rings is 1. The van der Waals surface area contributed by atoms with Crippen molar-refractivity contribution < 1.29 is 35.9 Å². The Morgan fingerprint density at radius 2 is 1.88 bits per heavy atom. The Balaban J connectivity index is 1.49. The van der Waals surface area contributed by atoms with Crippen LogP contribution >= 0.6 is 0 Å². The summed E-state index contributed by atoms with van der Waals surface area (Å²) in [6, 6.07) is 1.86. The molecule has 32 heavy (non-hydrogen) atoms. The van der Waals surface area contributed by atoms with Gasteiger partial charge in [0.25, 0.3) is 5.91 Å². The molecule has 0 aliphatic carbocycles. The molecule has 1 amide bonds. The van der Waals surface area contributed by atoms with Crippen molar-refractivity contribution in [2.24, 2.45) is 5.92 Å². The highest BCUT2D eigenvalue weighted by Gasteiger charge is 2.36. The van der Waals surface area contributed by atoms with Gasteiger partial charge in [-0.2, -0.15) is 13.2 Å². The minimum absolute atomic E-state index is 0.0375. The number of carbonyl (C=O) groups excluding carboxylic acids is 2. The summed E-state index contributed by atoms with van der Waals surface area (Å²) >= 11 is 0. The molecule has 0 aromatic carbocycles. The van der Waals surface area contributed by atoms with Crippen LogP contribution in [0.5, 0.6) is 0 Å². The number of rotatable bonds is 5. The van der Waals surface area contributed by atoms with E-state index in [1.807, 2.05) is 0 Å². The van der Waals surface area contributed by atoms with Crippen LogP contribution < -0.4 is 4.90 Å². The van der Waals surface area contributed by atoms with Crippen LogP contribution in [0.25, 0.3) is 0 Å². The number of ether oxygens (including phenoxy) is 1. The summed E-state index contributed by atoms with van der Waals surface area (Å²) in [5.74, 6) is -1.05. The lowest BCUT2D eigenvalue weighted by atomic mass is 9.97. The molecule has 8 nitrogen and oxygen atoms in total. The number of sulfone groups is 1. The Bertz CT molecular complexity index is 944. The van der Waals surface area contributed by atoms with Crippen molar-refractivity contribution >= 4 is 27.5 Å². The SMILES string of the molecule is CC(OC(=O)C1CCN(c2ccc(C(F)(F)F)cn2)CC1)C(=O)N(C)C1CCS(=O)(=O)C1. The van der Waals surface area contributed by atoms with Crippen LogP contribution in [0.3, 0.4) is 0 Å². The zero-order valence-corrected chi connectivity index (χ0v) is 18.7. The number of amides is 1. The van der Waals surface area contributed by atoms with E-state index in [1.165, 1.54) is 24.9 Å². The minimum atomic E-state index is -4.45. The molecule has 2 fully saturated rings. The molecule has 2 atom stereocenters. The third-order valence-electron chi connectivity index (χ3n) is 5.97. The highest BCUT2D eigenvalue weighted by Crippen LogP contribution is 2.30. The third-order valence-corrected chi connectivity index (χ3v) is 7.72. The van der Waals surface area contributed by atoms with Crippen molar-refractivity contribution in [3.63, 3.8) is 0 Å². The average Bonchev–Trinajstić information content (AvgIpc) is 3.11. The van der Waals surface area contributed by atoms with Gasteiger partial charge in [0.05, 0.1) is 23.0 Å². The van der Waals surface area contributed by atoms with E-state index in [0.29, 0.717) is 38.2 Å². The Labute approximate surface area is 184 Å². The first-order chi connectivity index (χ1) is 14.9. The van der Waals surface area contributed by atoms with Crippen LogP contribution in [0, 0.1) is 5.92 Å². The van der Waals surface area contributed by atoms with Gasteiger partial charge >= 0.3 is 12.1 Å². The molecular formula is C20H26F3N3O5S. The summed E-state index contributed by atoms with van der Waals surface area (Å²) in [4.78, 5) is 32.1. The topological polar surface area (TPSA) is 96.9 Å². The molecular weight excluding hydrogens is 451 g/mol. The van der Waals surface area contributed by atoms with Gasteiger partial charge in [0, 0.05) is 32.4 Å². The second-order valence-corrected chi connectivity index (χ2v) is 10.5. The van der Waals surface area contributed by atoms with E-state index in [0.717, 1.165) is 12.3 Å². The first kappa shape index (κ1) is 24.3. The Kier molecular flexibility index (Phi) is 7.01. The molecule has 178 valence electrons. The van der Waals surface area contributed by atoms with Gasteiger partial charge in [-0.25, -0.2) is 13.4 Å². The van der Waals surface area contributed by atoms with Crippen LogP contribution in [0.15, 0.2) is 18.3 Å². The monoisotopic (exact) mass is 477 g/mol. The van der Waals surface area contributed by atoms with E-state index in [9.17, 15) is 31.2 Å². The van der Waals surface area contributed by atoms with Gasteiger partial charge in [-0.3, -0.25) is 9.59 Å². The van der Waals surface area contributed by atoms with Gasteiger partial charge in [-0.15, -0.1) is 0 Å². The smallest absolute Gasteiger partial charge is 0.417 e. The number of likely N-dealkylation sites (N-methyl/N-ethyl adjacent to an activating group) is 1. The van der Waals surface area contributed by atoms with E-state index in [2.05, 4.69) is 4.98 Å². The lowest BCUT2D eigenvalue weighted by Gasteiger charge is -2.32. The Morgan fingerprint density at radius 3 is 2.38 bits per heavy atom. The molecule has 1 aromatic heterocycles. The lowest BCUT2D eigenvalue weighted by molar-refractivity contribution is -0.163. The maximum atomic E-state index is 12.7. The molecule has 2 aliphatic heterocycles. The first-order valence-electron chi connectivity index (χ1n) is 10.3. The number of anilines is 1. The number of esters is 1. The minimum Gasteiger partial charge on any atom is -0.452 e. The predicted molar refractivity (Wildman–Crippen MR) is 110 cm³/mol. The summed E-state index contributed by atoms with van der Waals surface area (Å²) in [7, 11) is -1.64. The molecule has 0 bridgehead atoms.